The Morgan fingerprint density at radius 1 is 1.38 bits per heavy atom. The molecule has 0 aliphatic heterocycles. The summed E-state index contributed by atoms with van der Waals surface area (Å²) in [5.41, 5.74) is 2.39. The first-order chi connectivity index (χ1) is 10.1. The molecule has 5 nitrogen and oxygen atoms in total. The molecular formula is C15H17N3O2S. The molecule has 21 heavy (non-hydrogen) atoms. The molecule has 2 rings (SSSR count). The van der Waals surface area contributed by atoms with Gasteiger partial charge in [-0.2, -0.15) is 0 Å². The number of aromatic carboxylic acids is 1. The molecule has 1 N–H and O–H groups in total. The third-order valence-corrected chi connectivity index (χ3v) is 3.87. The van der Waals surface area contributed by atoms with Gasteiger partial charge in [0.2, 0.25) is 0 Å². The summed E-state index contributed by atoms with van der Waals surface area (Å²) < 4.78 is 1.77. The Morgan fingerprint density at radius 2 is 2.14 bits per heavy atom. The van der Waals surface area contributed by atoms with E-state index in [-0.39, 0.29) is 0 Å². The van der Waals surface area contributed by atoms with E-state index in [0.29, 0.717) is 17.9 Å². The SMILES string of the molecule is CC(C)=CCn1cc(CSc2ccccc2C(=O)O)nn1. The van der Waals surface area contributed by atoms with E-state index in [4.69, 9.17) is 5.11 Å². The van der Waals surface area contributed by atoms with Gasteiger partial charge in [0.05, 0.1) is 17.8 Å². The van der Waals surface area contributed by atoms with Crippen LogP contribution in [0, 0.1) is 0 Å². The molecule has 0 amide bonds. The van der Waals surface area contributed by atoms with E-state index in [1.165, 1.54) is 17.3 Å². The molecule has 0 bridgehead atoms. The number of carbonyl (C=O) groups is 1. The molecule has 6 heteroatoms. The number of hydrogen-bond acceptors (Lipinski definition) is 4. The lowest BCUT2D eigenvalue weighted by Crippen LogP contribution is -1.98. The summed E-state index contributed by atoms with van der Waals surface area (Å²) in [6, 6.07) is 6.97. The third-order valence-electron chi connectivity index (χ3n) is 2.77. The zero-order chi connectivity index (χ0) is 15.2. The van der Waals surface area contributed by atoms with Gasteiger partial charge in [-0.25, -0.2) is 9.48 Å². The maximum atomic E-state index is 11.1. The van der Waals surface area contributed by atoms with Crippen molar-refractivity contribution in [3.8, 4) is 0 Å². The number of allylic oxidation sites excluding steroid dienone is 2. The van der Waals surface area contributed by atoms with Crippen molar-refractivity contribution >= 4 is 17.7 Å². The van der Waals surface area contributed by atoms with Crippen molar-refractivity contribution in [2.75, 3.05) is 0 Å². The van der Waals surface area contributed by atoms with Crippen molar-refractivity contribution in [1.82, 2.24) is 15.0 Å². The molecule has 0 saturated carbocycles. The number of rotatable bonds is 6. The van der Waals surface area contributed by atoms with Crippen LogP contribution in [0.4, 0.5) is 0 Å². The number of carboxylic acids is 1. The van der Waals surface area contributed by atoms with Crippen LogP contribution >= 0.6 is 11.8 Å². The van der Waals surface area contributed by atoms with Gasteiger partial charge in [-0.3, -0.25) is 0 Å². The summed E-state index contributed by atoms with van der Waals surface area (Å²) in [7, 11) is 0. The zero-order valence-corrected chi connectivity index (χ0v) is 12.8. The largest absolute Gasteiger partial charge is 0.478 e. The first-order valence-electron chi connectivity index (χ1n) is 6.54. The van der Waals surface area contributed by atoms with Crippen LogP contribution < -0.4 is 0 Å². The molecule has 0 fully saturated rings. The molecule has 1 heterocycles. The predicted molar refractivity (Wildman–Crippen MR) is 82.4 cm³/mol. The highest BCUT2D eigenvalue weighted by atomic mass is 32.2. The highest BCUT2D eigenvalue weighted by Crippen LogP contribution is 2.25. The maximum Gasteiger partial charge on any atom is 0.336 e. The summed E-state index contributed by atoms with van der Waals surface area (Å²) in [5.74, 6) is -0.315. The highest BCUT2D eigenvalue weighted by Gasteiger charge is 2.10. The fourth-order valence-corrected chi connectivity index (χ4v) is 2.61. The average Bonchev–Trinajstić information content (AvgIpc) is 2.91. The summed E-state index contributed by atoms with van der Waals surface area (Å²) in [4.78, 5) is 11.9. The number of benzene rings is 1. The average molecular weight is 303 g/mol. The Hall–Kier alpha value is -2.08. The standard InChI is InChI=1S/C15H17N3O2S/c1-11(2)7-8-18-9-12(16-17-18)10-21-14-6-4-3-5-13(14)15(19)20/h3-7,9H,8,10H2,1-2H3,(H,19,20). The lowest BCUT2D eigenvalue weighted by atomic mass is 10.2. The quantitative estimate of drug-likeness (QED) is 0.655. The van der Waals surface area contributed by atoms with Gasteiger partial charge in [0.15, 0.2) is 0 Å². The second kappa shape index (κ2) is 7.08. The van der Waals surface area contributed by atoms with E-state index < -0.39 is 5.97 Å². The molecule has 0 saturated heterocycles. The van der Waals surface area contributed by atoms with Crippen LogP contribution in [0.1, 0.15) is 29.9 Å². The summed E-state index contributed by atoms with van der Waals surface area (Å²) in [5, 5.41) is 17.3. The summed E-state index contributed by atoms with van der Waals surface area (Å²) in [6.07, 6.45) is 3.96. The molecule has 0 aliphatic rings. The molecule has 0 aliphatic carbocycles. The third kappa shape index (κ3) is 4.46. The lowest BCUT2D eigenvalue weighted by molar-refractivity contribution is 0.0693. The van der Waals surface area contributed by atoms with Crippen molar-refractivity contribution in [2.45, 2.75) is 31.0 Å². The van der Waals surface area contributed by atoms with E-state index in [0.717, 1.165) is 10.6 Å². The first-order valence-corrected chi connectivity index (χ1v) is 7.52. The van der Waals surface area contributed by atoms with Crippen molar-refractivity contribution < 1.29 is 9.90 Å². The second-order valence-electron chi connectivity index (χ2n) is 4.80. The van der Waals surface area contributed by atoms with Gasteiger partial charge in [0, 0.05) is 16.8 Å². The van der Waals surface area contributed by atoms with Gasteiger partial charge in [-0.1, -0.05) is 29.0 Å². The second-order valence-corrected chi connectivity index (χ2v) is 5.82. The van der Waals surface area contributed by atoms with Gasteiger partial charge in [-0.15, -0.1) is 16.9 Å². The topological polar surface area (TPSA) is 68.0 Å². The van der Waals surface area contributed by atoms with Crippen molar-refractivity contribution in [3.05, 3.63) is 53.4 Å². The van der Waals surface area contributed by atoms with E-state index in [9.17, 15) is 4.79 Å². The van der Waals surface area contributed by atoms with Crippen LogP contribution in [0.3, 0.4) is 0 Å². The van der Waals surface area contributed by atoms with Crippen LogP contribution in [-0.4, -0.2) is 26.1 Å². The van der Waals surface area contributed by atoms with Crippen molar-refractivity contribution in [3.63, 3.8) is 0 Å². The number of thioether (sulfide) groups is 1. The van der Waals surface area contributed by atoms with Crippen LogP contribution in [0.15, 0.2) is 47.0 Å². The molecule has 0 atom stereocenters. The van der Waals surface area contributed by atoms with E-state index >= 15 is 0 Å². The van der Waals surface area contributed by atoms with Crippen LogP contribution in [0.5, 0.6) is 0 Å². The number of nitrogens with zero attached hydrogens (tertiary/aromatic N) is 3. The van der Waals surface area contributed by atoms with E-state index in [1.807, 2.05) is 32.2 Å². The Balaban J connectivity index is 2.01. The molecule has 0 unspecified atom stereocenters. The lowest BCUT2D eigenvalue weighted by Gasteiger charge is -2.03. The molecule has 0 spiro atoms. The zero-order valence-electron chi connectivity index (χ0n) is 12.0. The molecule has 1 aromatic carbocycles. The van der Waals surface area contributed by atoms with Crippen LogP contribution in [0.25, 0.3) is 0 Å². The normalized spacial score (nSPS) is 10.4. The van der Waals surface area contributed by atoms with Crippen LogP contribution in [0.2, 0.25) is 0 Å². The Bertz CT molecular complexity index is 660. The Kier molecular flexibility index (Phi) is 5.16. The van der Waals surface area contributed by atoms with E-state index in [2.05, 4.69) is 16.4 Å². The minimum absolute atomic E-state index is 0.319. The fraction of sp³-hybridized carbons (Fsp3) is 0.267. The molecule has 0 radical (unpaired) electrons. The minimum atomic E-state index is -0.912. The maximum absolute atomic E-state index is 11.1. The molecule has 2 aromatic rings. The van der Waals surface area contributed by atoms with Gasteiger partial charge < -0.3 is 5.11 Å². The summed E-state index contributed by atoms with van der Waals surface area (Å²) >= 11 is 1.45. The predicted octanol–water partition coefficient (Wildman–Crippen LogP) is 3.23. The minimum Gasteiger partial charge on any atom is -0.478 e. The number of hydrogen-bond donors (Lipinski definition) is 1. The number of carboxylic acid groups (broad SMARTS) is 1. The van der Waals surface area contributed by atoms with Gasteiger partial charge in [0.1, 0.15) is 0 Å². The highest BCUT2D eigenvalue weighted by molar-refractivity contribution is 7.98. The van der Waals surface area contributed by atoms with Gasteiger partial charge in [-0.05, 0) is 26.0 Å². The van der Waals surface area contributed by atoms with Gasteiger partial charge >= 0.3 is 5.97 Å². The Labute approximate surface area is 127 Å². The summed E-state index contributed by atoms with van der Waals surface area (Å²) in [6.45, 7) is 4.78. The van der Waals surface area contributed by atoms with Crippen molar-refractivity contribution in [1.29, 1.82) is 0 Å². The Morgan fingerprint density at radius 3 is 2.86 bits per heavy atom. The van der Waals surface area contributed by atoms with E-state index in [1.54, 1.807) is 16.8 Å². The smallest absolute Gasteiger partial charge is 0.336 e. The monoisotopic (exact) mass is 303 g/mol. The molecular weight excluding hydrogens is 286 g/mol. The molecule has 1 aromatic heterocycles. The number of aromatic nitrogens is 3. The molecule has 110 valence electrons. The fourth-order valence-electron chi connectivity index (χ4n) is 1.69. The van der Waals surface area contributed by atoms with Crippen LogP contribution in [-0.2, 0) is 12.3 Å². The van der Waals surface area contributed by atoms with Crippen molar-refractivity contribution in [2.24, 2.45) is 0 Å². The first kappa shape index (κ1) is 15.3. The van der Waals surface area contributed by atoms with Gasteiger partial charge in [0.25, 0.3) is 0 Å².